The van der Waals surface area contributed by atoms with Crippen LogP contribution in [0.2, 0.25) is 0 Å². The van der Waals surface area contributed by atoms with Crippen LogP contribution in [0, 0.1) is 0 Å². The topological polar surface area (TPSA) is 81.7 Å². The molecule has 4 aromatic rings. The molecule has 0 spiro atoms. The number of benzene rings is 4. The van der Waals surface area contributed by atoms with Gasteiger partial charge >= 0.3 is 7.82 Å². The van der Waals surface area contributed by atoms with E-state index >= 15 is 0 Å². The van der Waals surface area contributed by atoms with Crippen molar-refractivity contribution in [2.75, 3.05) is 28.4 Å². The molecule has 226 valence electrons. The van der Waals surface area contributed by atoms with Crippen LogP contribution in [0.25, 0.3) is 6.08 Å². The van der Waals surface area contributed by atoms with Gasteiger partial charge < -0.3 is 23.5 Å². The van der Waals surface area contributed by atoms with Crippen molar-refractivity contribution in [2.24, 2.45) is 0 Å². The Morgan fingerprint density at radius 3 is 1.70 bits per heavy atom. The number of methoxy groups -OCH3 is 4. The fourth-order valence-electron chi connectivity index (χ4n) is 4.01. The van der Waals surface area contributed by atoms with Gasteiger partial charge in [-0.1, -0.05) is 66.7 Å². The van der Waals surface area contributed by atoms with E-state index in [4.69, 9.17) is 32.5 Å². The van der Waals surface area contributed by atoms with Gasteiger partial charge in [-0.3, -0.25) is 9.05 Å². The molecule has 10 heteroatoms. The number of thioether (sulfide) groups is 1. The van der Waals surface area contributed by atoms with E-state index < -0.39 is 7.82 Å². The molecule has 0 aromatic heterocycles. The van der Waals surface area contributed by atoms with Gasteiger partial charge in [-0.15, -0.1) is 11.8 Å². The molecule has 0 N–H and O–H groups in total. The minimum atomic E-state index is -4.07. The highest BCUT2D eigenvalue weighted by Crippen LogP contribution is 2.53. The number of ether oxygens (including phenoxy) is 4. The molecule has 43 heavy (non-hydrogen) atoms. The summed E-state index contributed by atoms with van der Waals surface area (Å²) in [7, 11) is 2.25. The van der Waals surface area contributed by atoms with Crippen molar-refractivity contribution in [1.29, 1.82) is 0 Å². The van der Waals surface area contributed by atoms with Crippen LogP contribution in [0.3, 0.4) is 0 Å². The van der Waals surface area contributed by atoms with Gasteiger partial charge in [-0.05, 0) is 40.3 Å². The second-order valence-corrected chi connectivity index (χ2v) is 11.6. The molecule has 0 saturated heterocycles. The molecule has 0 saturated carbocycles. The number of rotatable bonds is 16. The van der Waals surface area contributed by atoms with E-state index in [-0.39, 0.29) is 19.0 Å². The minimum absolute atomic E-state index is 0.0494. The summed E-state index contributed by atoms with van der Waals surface area (Å²) in [4.78, 5) is 0. The first kappa shape index (κ1) is 32.0. The van der Waals surface area contributed by atoms with Gasteiger partial charge in [0.1, 0.15) is 17.2 Å². The quantitative estimate of drug-likeness (QED) is 0.114. The average molecular weight is 623 g/mol. The van der Waals surface area contributed by atoms with Crippen molar-refractivity contribution in [3.8, 4) is 28.7 Å². The molecule has 0 heterocycles. The Bertz CT molecular complexity index is 1460. The molecule has 0 aliphatic heterocycles. The van der Waals surface area contributed by atoms with Gasteiger partial charge in [-0.2, -0.15) is 0 Å². The first-order valence-electron chi connectivity index (χ1n) is 13.4. The molecule has 0 radical (unpaired) electrons. The van der Waals surface area contributed by atoms with Gasteiger partial charge in [0.15, 0.2) is 11.5 Å². The normalized spacial score (nSPS) is 11.3. The summed E-state index contributed by atoms with van der Waals surface area (Å²) in [6.45, 7) is 0.0989. The summed E-state index contributed by atoms with van der Waals surface area (Å²) >= 11 is 1.55. The Kier molecular flexibility index (Phi) is 12.0. The van der Waals surface area contributed by atoms with Crippen LogP contribution in [0.15, 0.2) is 96.4 Å². The molecule has 0 aliphatic rings. The van der Waals surface area contributed by atoms with Crippen LogP contribution in [0.1, 0.15) is 22.3 Å². The molecular formula is C33H35O8PS. The lowest BCUT2D eigenvalue weighted by Crippen LogP contribution is -2.05. The molecule has 0 amide bonds. The second-order valence-electron chi connectivity index (χ2n) is 9.10. The summed E-state index contributed by atoms with van der Waals surface area (Å²) in [5, 5.41) is 1.95. The van der Waals surface area contributed by atoms with Crippen molar-refractivity contribution in [2.45, 2.75) is 19.0 Å². The SMILES string of the molecule is COc1cc(OC)c(C=CSCc2ccc(OC)c(OP(=O)(OCc3ccccc3)OCc3ccccc3)c2)c(OC)c1. The fourth-order valence-corrected chi connectivity index (χ4v) is 5.88. The molecular weight excluding hydrogens is 587 g/mol. The predicted octanol–water partition coefficient (Wildman–Crippen LogP) is 8.55. The molecule has 8 nitrogen and oxygen atoms in total. The Morgan fingerprint density at radius 2 is 1.19 bits per heavy atom. The Morgan fingerprint density at radius 1 is 0.628 bits per heavy atom. The largest absolute Gasteiger partial charge is 0.530 e. The summed E-state index contributed by atoms with van der Waals surface area (Å²) in [6.07, 6.45) is 1.92. The highest BCUT2D eigenvalue weighted by Gasteiger charge is 2.30. The predicted molar refractivity (Wildman–Crippen MR) is 170 cm³/mol. The Balaban J connectivity index is 1.50. The fraction of sp³-hybridized carbons (Fsp3) is 0.212. The maximum atomic E-state index is 13.9. The highest BCUT2D eigenvalue weighted by atomic mass is 32.2. The van der Waals surface area contributed by atoms with Crippen molar-refractivity contribution < 1.29 is 37.1 Å². The van der Waals surface area contributed by atoms with Crippen LogP contribution >= 0.6 is 19.6 Å². The van der Waals surface area contributed by atoms with E-state index in [1.54, 1.807) is 57.4 Å². The maximum Gasteiger partial charge on any atom is 0.530 e. The van der Waals surface area contributed by atoms with Gasteiger partial charge in [0.25, 0.3) is 0 Å². The lowest BCUT2D eigenvalue weighted by Gasteiger charge is -2.20. The van der Waals surface area contributed by atoms with Gasteiger partial charge in [0, 0.05) is 17.9 Å². The van der Waals surface area contributed by atoms with Crippen LogP contribution in [-0.2, 0) is 32.6 Å². The zero-order valence-corrected chi connectivity index (χ0v) is 26.3. The van der Waals surface area contributed by atoms with E-state index in [0.717, 1.165) is 22.3 Å². The van der Waals surface area contributed by atoms with Crippen LogP contribution < -0.4 is 23.5 Å². The van der Waals surface area contributed by atoms with Gasteiger partial charge in [-0.25, -0.2) is 4.57 Å². The van der Waals surface area contributed by atoms with Crippen molar-refractivity contribution in [3.63, 3.8) is 0 Å². The summed E-state index contributed by atoms with van der Waals surface area (Å²) in [6, 6.07) is 27.9. The number of phosphoric ester groups is 1. The van der Waals surface area contributed by atoms with E-state index in [1.165, 1.54) is 7.11 Å². The molecule has 4 aromatic carbocycles. The van der Waals surface area contributed by atoms with Crippen molar-refractivity contribution >= 4 is 25.7 Å². The molecule has 0 unspecified atom stereocenters. The second kappa shape index (κ2) is 16.1. The number of phosphoric acid groups is 1. The van der Waals surface area contributed by atoms with E-state index in [1.807, 2.05) is 78.2 Å². The number of hydrogen-bond acceptors (Lipinski definition) is 9. The van der Waals surface area contributed by atoms with E-state index in [9.17, 15) is 4.57 Å². The van der Waals surface area contributed by atoms with Crippen LogP contribution in [0.4, 0.5) is 0 Å². The summed E-state index contributed by atoms with van der Waals surface area (Å²) < 4.78 is 53.4. The van der Waals surface area contributed by atoms with Gasteiger partial charge in [0.05, 0.1) is 47.2 Å². The zero-order valence-electron chi connectivity index (χ0n) is 24.6. The van der Waals surface area contributed by atoms with Gasteiger partial charge in [0.2, 0.25) is 0 Å². The third-order valence-corrected chi connectivity index (χ3v) is 8.38. The molecule has 4 rings (SSSR count). The van der Waals surface area contributed by atoms with Crippen molar-refractivity contribution in [3.05, 3.63) is 119 Å². The molecule has 0 fully saturated rings. The third-order valence-electron chi connectivity index (χ3n) is 6.24. The highest BCUT2D eigenvalue weighted by molar-refractivity contribution is 8.01. The van der Waals surface area contributed by atoms with E-state index in [0.29, 0.717) is 28.8 Å². The maximum absolute atomic E-state index is 13.9. The lowest BCUT2D eigenvalue weighted by molar-refractivity contribution is 0.142. The summed E-state index contributed by atoms with van der Waals surface area (Å²) in [5.41, 5.74) is 3.38. The lowest BCUT2D eigenvalue weighted by atomic mass is 10.1. The average Bonchev–Trinajstić information content (AvgIpc) is 3.05. The molecule has 0 bridgehead atoms. The first-order chi connectivity index (χ1) is 21.0. The van der Waals surface area contributed by atoms with E-state index in [2.05, 4.69) is 0 Å². The first-order valence-corrected chi connectivity index (χ1v) is 15.9. The molecule has 0 atom stereocenters. The Labute approximate surface area is 257 Å². The molecule has 0 aliphatic carbocycles. The standard InChI is InChI=1S/C33H35O8PS/c1-35-28-20-31(37-3)29(32(21-28)38-4)17-18-43-24-27-15-16-30(36-2)33(19-27)41-42(34,39-22-25-11-7-5-8-12-25)40-23-26-13-9-6-10-14-26/h5-21H,22-24H2,1-4H3. The monoisotopic (exact) mass is 622 g/mol. The van der Waals surface area contributed by atoms with Crippen LogP contribution in [0.5, 0.6) is 28.7 Å². The zero-order chi connectivity index (χ0) is 30.5. The van der Waals surface area contributed by atoms with Crippen molar-refractivity contribution in [1.82, 2.24) is 0 Å². The number of hydrogen-bond donors (Lipinski definition) is 0. The third kappa shape index (κ3) is 9.30. The van der Waals surface area contributed by atoms with Crippen LogP contribution in [-0.4, -0.2) is 28.4 Å². The minimum Gasteiger partial charge on any atom is -0.496 e. The summed E-state index contributed by atoms with van der Waals surface area (Å²) in [5.74, 6) is 3.17. The Hall–Kier alpha value is -3.88. The smallest absolute Gasteiger partial charge is 0.496 e.